The van der Waals surface area contributed by atoms with Crippen LogP contribution in [-0.2, 0) is 13.0 Å². The Morgan fingerprint density at radius 2 is 2.19 bits per heavy atom. The highest BCUT2D eigenvalue weighted by molar-refractivity contribution is 5.51. The van der Waals surface area contributed by atoms with E-state index in [2.05, 4.69) is 15.2 Å². The number of aromatic nitrogens is 3. The summed E-state index contributed by atoms with van der Waals surface area (Å²) in [6.07, 6.45) is 0.809. The fraction of sp³-hybridized carbons (Fsp3) is 0.273. The van der Waals surface area contributed by atoms with Gasteiger partial charge >= 0.3 is 0 Å². The maximum absolute atomic E-state index is 5.74. The number of H-pyrrole nitrogens is 1. The number of para-hydroxylation sites is 2. The van der Waals surface area contributed by atoms with Crippen LogP contribution < -0.4 is 10.5 Å². The van der Waals surface area contributed by atoms with Gasteiger partial charge in [0, 0.05) is 6.42 Å². The van der Waals surface area contributed by atoms with Gasteiger partial charge in [0.15, 0.2) is 11.6 Å². The standard InChI is InChI=1S/C11H14N4O/c1-2-10-13-11(15-14-10)7-16-9-6-4-3-5-8(9)12/h3-6H,2,7,12H2,1H3,(H,13,14,15). The topological polar surface area (TPSA) is 76.8 Å². The van der Waals surface area contributed by atoms with Crippen molar-refractivity contribution in [2.24, 2.45) is 0 Å². The quantitative estimate of drug-likeness (QED) is 0.763. The van der Waals surface area contributed by atoms with E-state index in [1.54, 1.807) is 6.07 Å². The summed E-state index contributed by atoms with van der Waals surface area (Å²) >= 11 is 0. The number of rotatable bonds is 4. The van der Waals surface area contributed by atoms with E-state index in [9.17, 15) is 0 Å². The Bertz CT molecular complexity index is 467. The molecule has 16 heavy (non-hydrogen) atoms. The molecule has 0 radical (unpaired) electrons. The highest BCUT2D eigenvalue weighted by Crippen LogP contribution is 2.20. The zero-order valence-electron chi connectivity index (χ0n) is 9.10. The van der Waals surface area contributed by atoms with Crippen molar-refractivity contribution in [3.8, 4) is 5.75 Å². The third-order valence-corrected chi connectivity index (χ3v) is 2.18. The average Bonchev–Trinajstić information content (AvgIpc) is 2.76. The van der Waals surface area contributed by atoms with Gasteiger partial charge < -0.3 is 10.5 Å². The predicted molar refractivity (Wildman–Crippen MR) is 60.9 cm³/mol. The number of hydrogen-bond donors (Lipinski definition) is 2. The molecule has 1 aromatic carbocycles. The largest absolute Gasteiger partial charge is 0.483 e. The minimum atomic E-state index is 0.348. The lowest BCUT2D eigenvalue weighted by Crippen LogP contribution is -2.00. The summed E-state index contributed by atoms with van der Waals surface area (Å²) < 4.78 is 5.52. The summed E-state index contributed by atoms with van der Waals surface area (Å²) in [6, 6.07) is 7.37. The number of benzene rings is 1. The van der Waals surface area contributed by atoms with Crippen LogP contribution in [0.4, 0.5) is 5.69 Å². The van der Waals surface area contributed by atoms with Crippen LogP contribution in [0.3, 0.4) is 0 Å². The van der Waals surface area contributed by atoms with Gasteiger partial charge in [-0.1, -0.05) is 19.1 Å². The first-order valence-electron chi connectivity index (χ1n) is 5.17. The second-order valence-corrected chi connectivity index (χ2v) is 3.38. The molecule has 0 amide bonds. The molecule has 0 aliphatic carbocycles. The van der Waals surface area contributed by atoms with E-state index in [4.69, 9.17) is 10.5 Å². The van der Waals surface area contributed by atoms with Gasteiger partial charge in [0.2, 0.25) is 0 Å². The van der Waals surface area contributed by atoms with Crippen molar-refractivity contribution < 1.29 is 4.74 Å². The first-order chi connectivity index (χ1) is 7.79. The molecule has 2 aromatic rings. The highest BCUT2D eigenvalue weighted by atomic mass is 16.5. The number of nitrogen functional groups attached to an aromatic ring is 1. The molecule has 5 heteroatoms. The molecular formula is C11H14N4O. The normalized spacial score (nSPS) is 10.3. The van der Waals surface area contributed by atoms with Crippen molar-refractivity contribution in [2.45, 2.75) is 20.0 Å². The van der Waals surface area contributed by atoms with E-state index in [1.165, 1.54) is 0 Å². The summed E-state index contributed by atoms with van der Waals surface area (Å²) in [5, 5.41) is 6.84. The molecule has 0 aliphatic rings. The molecule has 1 aromatic heterocycles. The molecule has 0 atom stereocenters. The predicted octanol–water partition coefficient (Wildman–Crippen LogP) is 1.53. The van der Waals surface area contributed by atoms with E-state index < -0.39 is 0 Å². The van der Waals surface area contributed by atoms with E-state index in [-0.39, 0.29) is 0 Å². The Hall–Kier alpha value is -2.04. The molecule has 0 saturated carbocycles. The van der Waals surface area contributed by atoms with Crippen LogP contribution in [0, 0.1) is 0 Å². The molecule has 5 nitrogen and oxygen atoms in total. The van der Waals surface area contributed by atoms with Crippen molar-refractivity contribution in [1.29, 1.82) is 0 Å². The van der Waals surface area contributed by atoms with Gasteiger partial charge in [-0.3, -0.25) is 5.10 Å². The smallest absolute Gasteiger partial charge is 0.162 e. The Balaban J connectivity index is 1.99. The van der Waals surface area contributed by atoms with Crippen LogP contribution in [-0.4, -0.2) is 15.2 Å². The summed E-state index contributed by atoms with van der Waals surface area (Å²) in [6.45, 7) is 2.35. The zero-order chi connectivity index (χ0) is 11.4. The third kappa shape index (κ3) is 2.31. The van der Waals surface area contributed by atoms with E-state index >= 15 is 0 Å². The van der Waals surface area contributed by atoms with Gasteiger partial charge in [0.05, 0.1) is 5.69 Å². The van der Waals surface area contributed by atoms with E-state index in [1.807, 2.05) is 25.1 Å². The van der Waals surface area contributed by atoms with Crippen LogP contribution in [0.25, 0.3) is 0 Å². The van der Waals surface area contributed by atoms with Crippen molar-refractivity contribution in [3.63, 3.8) is 0 Å². The van der Waals surface area contributed by atoms with Crippen LogP contribution >= 0.6 is 0 Å². The summed E-state index contributed by atoms with van der Waals surface area (Å²) in [7, 11) is 0. The second kappa shape index (κ2) is 4.65. The molecule has 84 valence electrons. The lowest BCUT2D eigenvalue weighted by atomic mass is 10.3. The average molecular weight is 218 g/mol. The second-order valence-electron chi connectivity index (χ2n) is 3.38. The fourth-order valence-corrected chi connectivity index (χ4v) is 1.32. The Morgan fingerprint density at radius 3 is 2.88 bits per heavy atom. The van der Waals surface area contributed by atoms with Crippen molar-refractivity contribution in [2.75, 3.05) is 5.73 Å². The molecular weight excluding hydrogens is 204 g/mol. The number of nitrogens with one attached hydrogen (secondary N) is 1. The van der Waals surface area contributed by atoms with Crippen molar-refractivity contribution in [3.05, 3.63) is 35.9 Å². The monoisotopic (exact) mass is 218 g/mol. The number of hydrogen-bond acceptors (Lipinski definition) is 4. The van der Waals surface area contributed by atoms with Crippen LogP contribution in [0.5, 0.6) is 5.75 Å². The van der Waals surface area contributed by atoms with Gasteiger partial charge in [0.25, 0.3) is 0 Å². The number of anilines is 1. The molecule has 3 N–H and O–H groups in total. The first-order valence-corrected chi connectivity index (χ1v) is 5.17. The SMILES string of the molecule is CCc1n[nH]c(COc2ccccc2N)n1. The van der Waals surface area contributed by atoms with Gasteiger partial charge in [-0.05, 0) is 12.1 Å². The Morgan fingerprint density at radius 1 is 1.38 bits per heavy atom. The summed E-state index contributed by atoms with van der Waals surface area (Å²) in [5.41, 5.74) is 6.37. The molecule has 0 aliphatic heterocycles. The third-order valence-electron chi connectivity index (χ3n) is 2.18. The molecule has 0 unspecified atom stereocenters. The van der Waals surface area contributed by atoms with Crippen LogP contribution in [0.15, 0.2) is 24.3 Å². The van der Waals surface area contributed by atoms with Crippen LogP contribution in [0.1, 0.15) is 18.6 Å². The molecule has 1 heterocycles. The Kier molecular flexibility index (Phi) is 3.05. The maximum Gasteiger partial charge on any atom is 0.162 e. The minimum absolute atomic E-state index is 0.348. The molecule has 0 saturated heterocycles. The zero-order valence-corrected chi connectivity index (χ0v) is 9.10. The lowest BCUT2D eigenvalue weighted by molar-refractivity contribution is 0.298. The van der Waals surface area contributed by atoms with Gasteiger partial charge in [-0.2, -0.15) is 5.10 Å². The minimum Gasteiger partial charge on any atom is -0.483 e. The Labute approximate surface area is 93.7 Å². The van der Waals surface area contributed by atoms with Crippen molar-refractivity contribution in [1.82, 2.24) is 15.2 Å². The number of aryl methyl sites for hydroxylation is 1. The highest BCUT2D eigenvalue weighted by Gasteiger charge is 2.03. The maximum atomic E-state index is 5.74. The summed E-state index contributed by atoms with van der Waals surface area (Å²) in [4.78, 5) is 4.24. The lowest BCUT2D eigenvalue weighted by Gasteiger charge is -2.05. The van der Waals surface area contributed by atoms with E-state index in [0.717, 1.165) is 12.2 Å². The summed E-state index contributed by atoms with van der Waals surface area (Å²) in [5.74, 6) is 2.16. The first kappa shape index (κ1) is 10.5. The molecule has 2 rings (SSSR count). The number of ether oxygens (including phenoxy) is 1. The van der Waals surface area contributed by atoms with E-state index in [0.29, 0.717) is 23.9 Å². The molecule has 0 spiro atoms. The number of nitrogens with two attached hydrogens (primary N) is 1. The fourth-order valence-electron chi connectivity index (χ4n) is 1.32. The van der Waals surface area contributed by atoms with Crippen molar-refractivity contribution >= 4 is 5.69 Å². The number of aromatic amines is 1. The van der Waals surface area contributed by atoms with Gasteiger partial charge in [-0.25, -0.2) is 4.98 Å². The van der Waals surface area contributed by atoms with Crippen LogP contribution in [0.2, 0.25) is 0 Å². The number of nitrogens with zero attached hydrogens (tertiary/aromatic N) is 2. The van der Waals surface area contributed by atoms with Gasteiger partial charge in [0.1, 0.15) is 12.4 Å². The van der Waals surface area contributed by atoms with Gasteiger partial charge in [-0.15, -0.1) is 0 Å². The molecule has 0 fully saturated rings. The molecule has 0 bridgehead atoms.